The van der Waals surface area contributed by atoms with Gasteiger partial charge < -0.3 is 10.8 Å². The van der Waals surface area contributed by atoms with Crippen LogP contribution in [-0.2, 0) is 12.8 Å². The molecule has 1 aliphatic rings. The van der Waals surface area contributed by atoms with Crippen LogP contribution in [0.15, 0.2) is 12.1 Å². The highest BCUT2D eigenvalue weighted by Crippen LogP contribution is 2.27. The molecule has 0 saturated carbocycles. The number of fused-ring (bicyclic) bond motifs is 1. The van der Waals surface area contributed by atoms with Gasteiger partial charge in [-0.3, -0.25) is 0 Å². The van der Waals surface area contributed by atoms with Crippen LogP contribution in [0, 0.1) is 0 Å². The predicted molar refractivity (Wildman–Crippen MR) is 49.8 cm³/mol. The predicted octanol–water partition coefficient (Wildman–Crippen LogP) is 1.46. The average molecular weight is 177 g/mol. The second-order valence-electron chi connectivity index (χ2n) is 3.36. The van der Waals surface area contributed by atoms with Crippen molar-refractivity contribution in [1.29, 1.82) is 0 Å². The number of anilines is 1. The molecule has 1 aromatic carbocycles. The first-order valence-electron chi connectivity index (χ1n) is 4.33. The van der Waals surface area contributed by atoms with Crippen LogP contribution >= 0.6 is 0 Å². The average Bonchev–Trinajstić information content (AvgIpc) is 2.49. The van der Waals surface area contributed by atoms with E-state index < -0.39 is 5.97 Å². The molecule has 0 heterocycles. The lowest BCUT2D eigenvalue weighted by Crippen LogP contribution is -2.03. The molecule has 0 saturated heterocycles. The summed E-state index contributed by atoms with van der Waals surface area (Å²) in [5, 5.41) is 8.92. The maximum atomic E-state index is 10.9. The summed E-state index contributed by atoms with van der Waals surface area (Å²) in [5.74, 6) is -0.870. The van der Waals surface area contributed by atoms with Crippen LogP contribution in [0.5, 0.6) is 0 Å². The Morgan fingerprint density at radius 1 is 1.38 bits per heavy atom. The standard InChI is InChI=1S/C10H11NO2/c11-7-4-6-2-1-3-8(6)9(5-7)10(12)13/h4-5H,1-3,11H2,(H,12,13). The number of carboxylic acid groups (broad SMARTS) is 1. The maximum absolute atomic E-state index is 10.9. The third kappa shape index (κ3) is 1.26. The number of benzene rings is 1. The van der Waals surface area contributed by atoms with Crippen LogP contribution in [0.25, 0.3) is 0 Å². The molecular weight excluding hydrogens is 166 g/mol. The van der Waals surface area contributed by atoms with Gasteiger partial charge in [-0.15, -0.1) is 0 Å². The van der Waals surface area contributed by atoms with Crippen molar-refractivity contribution >= 4 is 11.7 Å². The molecule has 1 aromatic rings. The number of carbonyl (C=O) groups is 1. The minimum absolute atomic E-state index is 0.382. The number of hydrogen-bond donors (Lipinski definition) is 2. The van der Waals surface area contributed by atoms with Gasteiger partial charge in [0.1, 0.15) is 0 Å². The fraction of sp³-hybridized carbons (Fsp3) is 0.300. The first kappa shape index (κ1) is 8.10. The molecule has 68 valence electrons. The van der Waals surface area contributed by atoms with Crippen LogP contribution in [-0.4, -0.2) is 11.1 Å². The van der Waals surface area contributed by atoms with Gasteiger partial charge in [-0.1, -0.05) is 0 Å². The summed E-state index contributed by atoms with van der Waals surface area (Å²) < 4.78 is 0. The van der Waals surface area contributed by atoms with E-state index in [1.165, 1.54) is 0 Å². The van der Waals surface area contributed by atoms with Crippen molar-refractivity contribution < 1.29 is 9.90 Å². The monoisotopic (exact) mass is 177 g/mol. The summed E-state index contributed by atoms with van der Waals surface area (Å²) in [7, 11) is 0. The van der Waals surface area contributed by atoms with Crippen molar-refractivity contribution in [2.45, 2.75) is 19.3 Å². The van der Waals surface area contributed by atoms with Crippen molar-refractivity contribution in [3.8, 4) is 0 Å². The number of nitrogens with two attached hydrogens (primary N) is 1. The van der Waals surface area contributed by atoms with E-state index in [4.69, 9.17) is 10.8 Å². The number of carboxylic acids is 1. The van der Waals surface area contributed by atoms with E-state index in [0.717, 1.165) is 30.4 Å². The SMILES string of the molecule is Nc1cc2c(c(C(=O)O)c1)CCC2. The summed E-state index contributed by atoms with van der Waals surface area (Å²) >= 11 is 0. The smallest absolute Gasteiger partial charge is 0.336 e. The number of aromatic carboxylic acids is 1. The summed E-state index contributed by atoms with van der Waals surface area (Å²) in [6, 6.07) is 3.43. The van der Waals surface area contributed by atoms with Gasteiger partial charge in [-0.2, -0.15) is 0 Å². The van der Waals surface area contributed by atoms with Gasteiger partial charge in [-0.25, -0.2) is 4.79 Å². The highest BCUT2D eigenvalue weighted by Gasteiger charge is 2.19. The lowest BCUT2D eigenvalue weighted by Gasteiger charge is -2.05. The normalized spacial score (nSPS) is 14.2. The zero-order chi connectivity index (χ0) is 9.42. The number of nitrogen functional groups attached to an aromatic ring is 1. The Hall–Kier alpha value is -1.51. The quantitative estimate of drug-likeness (QED) is 0.638. The molecule has 0 bridgehead atoms. The Labute approximate surface area is 76.2 Å². The second kappa shape index (κ2) is 2.76. The Morgan fingerprint density at radius 2 is 2.15 bits per heavy atom. The van der Waals surface area contributed by atoms with Crippen molar-refractivity contribution in [3.05, 3.63) is 28.8 Å². The largest absolute Gasteiger partial charge is 0.478 e. The van der Waals surface area contributed by atoms with Crippen molar-refractivity contribution in [2.75, 3.05) is 5.73 Å². The van der Waals surface area contributed by atoms with E-state index in [1.54, 1.807) is 6.07 Å². The molecule has 0 aromatic heterocycles. The number of aryl methyl sites for hydroxylation is 1. The van der Waals surface area contributed by atoms with Gasteiger partial charge in [0.25, 0.3) is 0 Å². The third-order valence-corrected chi connectivity index (χ3v) is 2.47. The molecule has 0 aliphatic heterocycles. The van der Waals surface area contributed by atoms with E-state index in [1.807, 2.05) is 6.07 Å². The fourth-order valence-electron chi connectivity index (χ4n) is 1.92. The highest BCUT2D eigenvalue weighted by atomic mass is 16.4. The van der Waals surface area contributed by atoms with Crippen LogP contribution < -0.4 is 5.73 Å². The Morgan fingerprint density at radius 3 is 2.85 bits per heavy atom. The zero-order valence-corrected chi connectivity index (χ0v) is 7.21. The van der Waals surface area contributed by atoms with E-state index in [9.17, 15) is 4.79 Å². The van der Waals surface area contributed by atoms with Gasteiger partial charge >= 0.3 is 5.97 Å². The molecular formula is C10H11NO2. The molecule has 0 atom stereocenters. The van der Waals surface area contributed by atoms with E-state index in [0.29, 0.717) is 11.3 Å². The van der Waals surface area contributed by atoms with Crippen LogP contribution in [0.2, 0.25) is 0 Å². The highest BCUT2D eigenvalue weighted by molar-refractivity contribution is 5.91. The summed E-state index contributed by atoms with van der Waals surface area (Å²) in [5.41, 5.74) is 8.62. The fourth-order valence-corrected chi connectivity index (χ4v) is 1.92. The Balaban J connectivity index is 2.62. The summed E-state index contributed by atoms with van der Waals surface area (Å²) in [6.07, 6.45) is 2.87. The summed E-state index contributed by atoms with van der Waals surface area (Å²) in [6.45, 7) is 0. The van der Waals surface area contributed by atoms with E-state index in [-0.39, 0.29) is 0 Å². The molecule has 0 spiro atoms. The minimum Gasteiger partial charge on any atom is -0.478 e. The van der Waals surface area contributed by atoms with Crippen LogP contribution in [0.4, 0.5) is 5.69 Å². The lowest BCUT2D eigenvalue weighted by atomic mass is 10.0. The number of hydrogen-bond acceptors (Lipinski definition) is 2. The van der Waals surface area contributed by atoms with Gasteiger partial charge in [0.05, 0.1) is 5.56 Å². The maximum Gasteiger partial charge on any atom is 0.336 e. The first-order chi connectivity index (χ1) is 6.18. The molecule has 3 nitrogen and oxygen atoms in total. The van der Waals surface area contributed by atoms with Crippen molar-refractivity contribution in [1.82, 2.24) is 0 Å². The van der Waals surface area contributed by atoms with Crippen molar-refractivity contribution in [3.63, 3.8) is 0 Å². The topological polar surface area (TPSA) is 63.3 Å². The molecule has 3 N–H and O–H groups in total. The molecule has 0 unspecified atom stereocenters. The molecule has 13 heavy (non-hydrogen) atoms. The lowest BCUT2D eigenvalue weighted by molar-refractivity contribution is 0.0696. The molecule has 0 amide bonds. The minimum atomic E-state index is -0.870. The van der Waals surface area contributed by atoms with Crippen molar-refractivity contribution in [2.24, 2.45) is 0 Å². The zero-order valence-electron chi connectivity index (χ0n) is 7.21. The van der Waals surface area contributed by atoms with Gasteiger partial charge in [-0.05, 0) is 42.5 Å². The number of rotatable bonds is 1. The van der Waals surface area contributed by atoms with E-state index in [2.05, 4.69) is 0 Å². The Kier molecular flexibility index (Phi) is 1.72. The van der Waals surface area contributed by atoms with Crippen LogP contribution in [0.3, 0.4) is 0 Å². The first-order valence-corrected chi connectivity index (χ1v) is 4.33. The summed E-state index contributed by atoms with van der Waals surface area (Å²) in [4.78, 5) is 10.9. The molecule has 3 heteroatoms. The third-order valence-electron chi connectivity index (χ3n) is 2.47. The molecule has 0 fully saturated rings. The molecule has 0 radical (unpaired) electrons. The van der Waals surface area contributed by atoms with Gasteiger partial charge in [0.2, 0.25) is 0 Å². The van der Waals surface area contributed by atoms with Gasteiger partial charge in [0.15, 0.2) is 0 Å². The second-order valence-corrected chi connectivity index (χ2v) is 3.36. The Bertz CT molecular complexity index is 371. The molecule has 2 rings (SSSR count). The van der Waals surface area contributed by atoms with Gasteiger partial charge in [0, 0.05) is 5.69 Å². The molecule has 1 aliphatic carbocycles. The van der Waals surface area contributed by atoms with Crippen LogP contribution in [0.1, 0.15) is 27.9 Å². The van der Waals surface area contributed by atoms with E-state index >= 15 is 0 Å².